The van der Waals surface area contributed by atoms with Gasteiger partial charge in [-0.3, -0.25) is 4.79 Å². The van der Waals surface area contributed by atoms with Gasteiger partial charge in [0.05, 0.1) is 0 Å². The van der Waals surface area contributed by atoms with Gasteiger partial charge in [-0.1, -0.05) is 54.6 Å². The Morgan fingerprint density at radius 1 is 0.926 bits per heavy atom. The monoisotopic (exact) mass is 375 g/mol. The van der Waals surface area contributed by atoms with E-state index in [1.807, 2.05) is 11.3 Å². The van der Waals surface area contributed by atoms with Crippen LogP contribution in [0.15, 0.2) is 66.7 Å². The number of carboxylic acids is 1. The fourth-order valence-corrected chi connectivity index (χ4v) is 4.53. The summed E-state index contributed by atoms with van der Waals surface area (Å²) in [5, 5.41) is 15.8. The third-order valence-corrected chi connectivity index (χ3v) is 5.88. The smallest absolute Gasteiger partial charge is 0.303 e. The molecule has 3 aromatic carbocycles. The Morgan fingerprint density at radius 3 is 2.59 bits per heavy atom. The number of carbonyl (C=O) groups is 1. The second-order valence-corrected chi connectivity index (χ2v) is 7.81. The quantitative estimate of drug-likeness (QED) is 0.409. The van der Waals surface area contributed by atoms with Gasteiger partial charge in [-0.2, -0.15) is 0 Å². The molecule has 4 rings (SSSR count). The lowest BCUT2D eigenvalue weighted by Gasteiger charge is -2.05. The van der Waals surface area contributed by atoms with Crippen LogP contribution in [0.25, 0.3) is 32.0 Å². The highest BCUT2D eigenvalue weighted by atomic mass is 32.1. The number of thiophene rings is 1. The Hall–Kier alpha value is -2.69. The van der Waals surface area contributed by atoms with Gasteiger partial charge in [-0.05, 0) is 52.4 Å². The molecule has 0 amide bonds. The molecule has 27 heavy (non-hydrogen) atoms. The first kappa shape index (κ1) is 17.7. The van der Waals surface area contributed by atoms with Crippen LogP contribution in [0.4, 0.5) is 0 Å². The molecular formula is C23H21NO2S. The van der Waals surface area contributed by atoms with Crippen LogP contribution in [0.5, 0.6) is 0 Å². The normalized spacial score (nSPS) is 11.3. The maximum absolute atomic E-state index is 10.6. The molecule has 0 aliphatic carbocycles. The summed E-state index contributed by atoms with van der Waals surface area (Å²) in [7, 11) is 0. The highest BCUT2D eigenvalue weighted by Gasteiger charge is 2.09. The fourth-order valence-electron chi connectivity index (χ4n) is 3.36. The number of fused-ring (bicyclic) bond motifs is 2. The highest BCUT2D eigenvalue weighted by molar-refractivity contribution is 7.19. The molecule has 1 heterocycles. The van der Waals surface area contributed by atoms with Crippen LogP contribution in [-0.2, 0) is 11.3 Å². The Balaban J connectivity index is 1.58. The minimum absolute atomic E-state index is 0.214. The molecule has 0 bridgehead atoms. The number of benzene rings is 3. The molecule has 0 saturated heterocycles. The van der Waals surface area contributed by atoms with Crippen molar-refractivity contribution in [3.05, 3.63) is 71.6 Å². The number of nitrogens with one attached hydrogen (secondary N) is 1. The molecule has 0 radical (unpaired) electrons. The molecule has 136 valence electrons. The number of hydrogen-bond donors (Lipinski definition) is 2. The average molecular weight is 375 g/mol. The summed E-state index contributed by atoms with van der Waals surface area (Å²) >= 11 is 1.81. The van der Waals surface area contributed by atoms with Crippen LogP contribution >= 0.6 is 11.3 Å². The summed E-state index contributed by atoms with van der Waals surface area (Å²) in [6, 6.07) is 23.8. The van der Waals surface area contributed by atoms with Crippen molar-refractivity contribution in [2.45, 2.75) is 19.4 Å². The van der Waals surface area contributed by atoms with Gasteiger partial charge in [0.1, 0.15) is 0 Å². The maximum atomic E-state index is 10.6. The second kappa shape index (κ2) is 7.91. The van der Waals surface area contributed by atoms with Crippen LogP contribution in [0.1, 0.15) is 17.7 Å². The zero-order chi connectivity index (χ0) is 18.6. The van der Waals surface area contributed by atoms with E-state index in [-0.39, 0.29) is 6.42 Å². The van der Waals surface area contributed by atoms with Gasteiger partial charge < -0.3 is 10.4 Å². The zero-order valence-electron chi connectivity index (χ0n) is 14.9. The van der Waals surface area contributed by atoms with Gasteiger partial charge >= 0.3 is 5.97 Å². The van der Waals surface area contributed by atoms with Crippen LogP contribution in [0.3, 0.4) is 0 Å². The first-order chi connectivity index (χ1) is 13.2. The molecule has 0 atom stereocenters. The lowest BCUT2D eigenvalue weighted by Crippen LogP contribution is -2.14. The predicted molar refractivity (Wildman–Crippen MR) is 113 cm³/mol. The third-order valence-electron chi connectivity index (χ3n) is 4.70. The standard InChI is InChI=1S/C23H21NO2S/c25-22(26)9-4-12-24-15-20-14-19-7-3-8-21(23(19)27-20)18-11-10-16-5-1-2-6-17(16)13-18/h1-3,5-8,10-11,13-14,24H,4,9,12,15H2,(H,25,26). The molecule has 0 aliphatic heterocycles. The maximum Gasteiger partial charge on any atom is 0.303 e. The summed E-state index contributed by atoms with van der Waals surface area (Å²) in [6.45, 7) is 1.49. The number of hydrogen-bond acceptors (Lipinski definition) is 3. The van der Waals surface area contributed by atoms with E-state index in [1.54, 1.807) is 0 Å². The lowest BCUT2D eigenvalue weighted by atomic mass is 10.0. The van der Waals surface area contributed by atoms with Gasteiger partial charge in [0.2, 0.25) is 0 Å². The van der Waals surface area contributed by atoms with E-state index >= 15 is 0 Å². The zero-order valence-corrected chi connectivity index (χ0v) is 15.8. The summed E-state index contributed by atoms with van der Waals surface area (Å²) in [6.07, 6.45) is 0.869. The van der Waals surface area contributed by atoms with Gasteiger partial charge in [0, 0.05) is 22.5 Å². The molecular weight excluding hydrogens is 354 g/mol. The van der Waals surface area contributed by atoms with Crippen molar-refractivity contribution in [2.24, 2.45) is 0 Å². The molecule has 0 saturated carbocycles. The molecule has 2 N–H and O–H groups in total. The topological polar surface area (TPSA) is 49.3 Å². The Kier molecular flexibility index (Phi) is 5.19. The van der Waals surface area contributed by atoms with Crippen molar-refractivity contribution in [3.8, 4) is 11.1 Å². The Morgan fingerprint density at radius 2 is 1.74 bits per heavy atom. The summed E-state index contributed by atoms with van der Waals surface area (Å²) < 4.78 is 1.30. The molecule has 0 spiro atoms. The van der Waals surface area contributed by atoms with E-state index in [1.165, 1.54) is 36.9 Å². The first-order valence-corrected chi connectivity index (χ1v) is 9.95. The SMILES string of the molecule is O=C(O)CCCNCc1cc2cccc(-c3ccc4ccccc4c3)c2s1. The average Bonchev–Trinajstić information content (AvgIpc) is 3.10. The minimum Gasteiger partial charge on any atom is -0.481 e. The second-order valence-electron chi connectivity index (χ2n) is 6.67. The summed E-state index contributed by atoms with van der Waals surface area (Å²) in [5.74, 6) is -0.737. The molecule has 4 heteroatoms. The van der Waals surface area contributed by atoms with Crippen LogP contribution in [0, 0.1) is 0 Å². The van der Waals surface area contributed by atoms with E-state index in [4.69, 9.17) is 5.11 Å². The predicted octanol–water partition coefficient (Wildman–Crippen LogP) is 5.68. The number of aliphatic carboxylic acids is 1. The largest absolute Gasteiger partial charge is 0.481 e. The van der Waals surface area contributed by atoms with Crippen molar-refractivity contribution in [3.63, 3.8) is 0 Å². The van der Waals surface area contributed by atoms with E-state index in [0.717, 1.165) is 13.1 Å². The van der Waals surface area contributed by atoms with Gasteiger partial charge in [0.25, 0.3) is 0 Å². The molecule has 0 unspecified atom stereocenters. The van der Waals surface area contributed by atoms with E-state index in [0.29, 0.717) is 6.42 Å². The lowest BCUT2D eigenvalue weighted by molar-refractivity contribution is -0.137. The van der Waals surface area contributed by atoms with Crippen molar-refractivity contribution in [2.75, 3.05) is 6.54 Å². The third kappa shape index (κ3) is 4.02. The van der Waals surface area contributed by atoms with E-state index < -0.39 is 5.97 Å². The van der Waals surface area contributed by atoms with Crippen LogP contribution in [-0.4, -0.2) is 17.6 Å². The minimum atomic E-state index is -0.737. The van der Waals surface area contributed by atoms with Gasteiger partial charge in [0.15, 0.2) is 0 Å². The highest BCUT2D eigenvalue weighted by Crippen LogP contribution is 2.36. The van der Waals surface area contributed by atoms with Crippen LogP contribution < -0.4 is 5.32 Å². The Bertz CT molecular complexity index is 1100. The summed E-state index contributed by atoms with van der Waals surface area (Å²) in [4.78, 5) is 11.8. The first-order valence-electron chi connectivity index (χ1n) is 9.14. The number of rotatable bonds is 7. The fraction of sp³-hybridized carbons (Fsp3) is 0.174. The van der Waals surface area contributed by atoms with Crippen LogP contribution in [0.2, 0.25) is 0 Å². The van der Waals surface area contributed by atoms with Crippen molar-refractivity contribution >= 4 is 38.2 Å². The number of carboxylic acid groups (broad SMARTS) is 1. The Labute approximate surface area is 162 Å². The molecule has 3 nitrogen and oxygen atoms in total. The van der Waals surface area contributed by atoms with Crippen molar-refractivity contribution in [1.29, 1.82) is 0 Å². The molecule has 4 aromatic rings. The van der Waals surface area contributed by atoms with Gasteiger partial charge in [-0.25, -0.2) is 0 Å². The summed E-state index contributed by atoms with van der Waals surface area (Å²) in [5.41, 5.74) is 2.50. The van der Waals surface area contributed by atoms with Crippen molar-refractivity contribution in [1.82, 2.24) is 5.32 Å². The van der Waals surface area contributed by atoms with Gasteiger partial charge in [-0.15, -0.1) is 11.3 Å². The van der Waals surface area contributed by atoms with Crippen molar-refractivity contribution < 1.29 is 9.90 Å². The van der Waals surface area contributed by atoms with E-state index in [2.05, 4.69) is 72.0 Å². The van der Waals surface area contributed by atoms with E-state index in [9.17, 15) is 4.79 Å². The molecule has 1 aromatic heterocycles. The molecule has 0 fully saturated rings. The molecule has 0 aliphatic rings.